The Hall–Kier alpha value is -1.33. The molecule has 0 aliphatic rings. The molecule has 2 aromatic carbocycles. The average Bonchev–Trinajstić information content (AvgIpc) is 2.98. The van der Waals surface area contributed by atoms with Gasteiger partial charge in [-0.25, -0.2) is 0 Å². The van der Waals surface area contributed by atoms with E-state index in [-0.39, 0.29) is 6.04 Å². The molecule has 1 aromatic heterocycles. The number of aryl methyl sites for hydroxylation is 1. The molecule has 0 aliphatic heterocycles. The summed E-state index contributed by atoms with van der Waals surface area (Å²) in [5, 5.41) is 3.43. The summed E-state index contributed by atoms with van der Waals surface area (Å²) in [5.41, 5.74) is 5.57. The molecule has 0 radical (unpaired) electrons. The first kappa shape index (κ1) is 14.6. The smallest absolute Gasteiger partial charge is 0.0568 e. The first-order chi connectivity index (χ1) is 10.3. The van der Waals surface area contributed by atoms with Gasteiger partial charge in [0, 0.05) is 15.3 Å². The van der Waals surface area contributed by atoms with Crippen LogP contribution in [0.25, 0.3) is 10.1 Å². The maximum absolute atomic E-state index is 5.81. The van der Waals surface area contributed by atoms with Crippen LogP contribution < -0.4 is 11.3 Å². The van der Waals surface area contributed by atoms with Crippen LogP contribution in [0.3, 0.4) is 0 Å². The highest BCUT2D eigenvalue weighted by Gasteiger charge is 2.14. The summed E-state index contributed by atoms with van der Waals surface area (Å²) < 4.78 is 1.32. The molecule has 3 aromatic rings. The molecule has 3 rings (SSSR count). The van der Waals surface area contributed by atoms with Crippen molar-refractivity contribution < 1.29 is 0 Å². The Kier molecular flexibility index (Phi) is 4.60. The number of thioether (sulfide) groups is 1. The van der Waals surface area contributed by atoms with Gasteiger partial charge in [-0.3, -0.25) is 11.3 Å². The van der Waals surface area contributed by atoms with Crippen molar-refractivity contribution in [2.75, 3.05) is 5.75 Å². The Morgan fingerprint density at radius 3 is 2.81 bits per heavy atom. The monoisotopic (exact) mass is 314 g/mol. The van der Waals surface area contributed by atoms with Crippen molar-refractivity contribution in [3.63, 3.8) is 0 Å². The molecule has 3 N–H and O–H groups in total. The molecule has 108 valence electrons. The first-order valence-corrected chi connectivity index (χ1v) is 8.77. The predicted octanol–water partition coefficient (Wildman–Crippen LogP) is 4.51. The molecule has 0 spiro atoms. The number of hydrogen-bond donors (Lipinski definition) is 2. The van der Waals surface area contributed by atoms with Crippen LogP contribution in [-0.4, -0.2) is 5.75 Å². The molecule has 2 nitrogen and oxygen atoms in total. The molecule has 0 fully saturated rings. The van der Waals surface area contributed by atoms with Gasteiger partial charge in [-0.2, -0.15) is 0 Å². The van der Waals surface area contributed by atoms with Crippen molar-refractivity contribution in [1.29, 1.82) is 0 Å². The quantitative estimate of drug-likeness (QED) is 0.413. The van der Waals surface area contributed by atoms with Crippen LogP contribution in [-0.2, 0) is 0 Å². The molecule has 0 aliphatic carbocycles. The van der Waals surface area contributed by atoms with Gasteiger partial charge < -0.3 is 0 Å². The van der Waals surface area contributed by atoms with E-state index in [1.54, 1.807) is 11.3 Å². The van der Waals surface area contributed by atoms with Crippen molar-refractivity contribution in [3.05, 3.63) is 65.0 Å². The normalized spacial score (nSPS) is 12.7. The molecule has 1 unspecified atom stereocenters. The zero-order valence-electron chi connectivity index (χ0n) is 11.9. The number of rotatable bonds is 5. The van der Waals surface area contributed by atoms with Gasteiger partial charge in [0.1, 0.15) is 0 Å². The van der Waals surface area contributed by atoms with Crippen molar-refractivity contribution >= 4 is 33.2 Å². The molecule has 0 saturated heterocycles. The summed E-state index contributed by atoms with van der Waals surface area (Å²) in [5.74, 6) is 6.72. The van der Waals surface area contributed by atoms with Crippen molar-refractivity contribution in [3.8, 4) is 0 Å². The van der Waals surface area contributed by atoms with Crippen molar-refractivity contribution in [2.24, 2.45) is 5.84 Å². The van der Waals surface area contributed by atoms with Crippen LogP contribution >= 0.6 is 23.1 Å². The Balaban J connectivity index is 1.82. The van der Waals surface area contributed by atoms with E-state index in [1.807, 2.05) is 11.8 Å². The first-order valence-electron chi connectivity index (χ1n) is 6.90. The van der Waals surface area contributed by atoms with Crippen LogP contribution in [0.5, 0.6) is 0 Å². The zero-order chi connectivity index (χ0) is 14.7. The van der Waals surface area contributed by atoms with E-state index in [9.17, 15) is 0 Å². The number of benzene rings is 2. The van der Waals surface area contributed by atoms with Gasteiger partial charge in [0.25, 0.3) is 0 Å². The lowest BCUT2D eigenvalue weighted by atomic mass is 10.1. The summed E-state index contributed by atoms with van der Waals surface area (Å²) in [6, 6.07) is 17.2. The lowest BCUT2D eigenvalue weighted by Crippen LogP contribution is -2.29. The predicted molar refractivity (Wildman–Crippen MR) is 93.8 cm³/mol. The van der Waals surface area contributed by atoms with E-state index in [0.717, 1.165) is 5.75 Å². The minimum atomic E-state index is 0.150. The summed E-state index contributed by atoms with van der Waals surface area (Å²) >= 11 is 3.63. The molecular weight excluding hydrogens is 296 g/mol. The van der Waals surface area contributed by atoms with Crippen LogP contribution in [0, 0.1) is 6.92 Å². The average molecular weight is 314 g/mol. The lowest BCUT2D eigenvalue weighted by molar-refractivity contribution is 0.615. The van der Waals surface area contributed by atoms with Crippen molar-refractivity contribution in [1.82, 2.24) is 5.43 Å². The molecule has 0 amide bonds. The number of fused-ring (bicyclic) bond motifs is 1. The minimum absolute atomic E-state index is 0.150. The Labute approximate surface area is 133 Å². The molecule has 21 heavy (non-hydrogen) atoms. The summed E-state index contributed by atoms with van der Waals surface area (Å²) in [7, 11) is 0. The van der Waals surface area contributed by atoms with E-state index in [2.05, 4.69) is 66.3 Å². The molecule has 1 atom stereocenters. The number of nitrogens with two attached hydrogens (primary N) is 1. The van der Waals surface area contributed by atoms with E-state index in [0.29, 0.717) is 0 Å². The van der Waals surface area contributed by atoms with Crippen LogP contribution in [0.15, 0.2) is 58.8 Å². The van der Waals surface area contributed by atoms with Crippen molar-refractivity contribution in [2.45, 2.75) is 17.9 Å². The molecule has 0 saturated carbocycles. The Morgan fingerprint density at radius 1 is 1.14 bits per heavy atom. The second-order valence-corrected chi connectivity index (χ2v) is 6.96. The standard InChI is InChI=1S/C17H18N2S2/c1-12-5-2-3-8-16(12)21-11-15(19-18)14-7-4-6-13-9-10-20-17(13)14/h2-10,15,19H,11,18H2,1H3. The fourth-order valence-electron chi connectivity index (χ4n) is 2.41. The Morgan fingerprint density at radius 2 is 2.00 bits per heavy atom. The van der Waals surface area contributed by atoms with E-state index in [4.69, 9.17) is 5.84 Å². The van der Waals surface area contributed by atoms with Gasteiger partial charge in [-0.15, -0.1) is 23.1 Å². The fraction of sp³-hybridized carbons (Fsp3) is 0.176. The second-order valence-electron chi connectivity index (χ2n) is 4.98. The molecule has 0 bridgehead atoms. The SMILES string of the molecule is Cc1ccccc1SCC(NN)c1cccc2ccsc12. The minimum Gasteiger partial charge on any atom is -0.271 e. The van der Waals surface area contributed by atoms with Crippen LogP contribution in [0.4, 0.5) is 0 Å². The highest BCUT2D eigenvalue weighted by molar-refractivity contribution is 7.99. The maximum atomic E-state index is 5.81. The summed E-state index contributed by atoms with van der Waals surface area (Å²) in [6.07, 6.45) is 0. The van der Waals surface area contributed by atoms with E-state index in [1.165, 1.54) is 26.1 Å². The van der Waals surface area contributed by atoms with Gasteiger partial charge in [0.05, 0.1) is 6.04 Å². The highest BCUT2D eigenvalue weighted by Crippen LogP contribution is 2.32. The van der Waals surface area contributed by atoms with Gasteiger partial charge in [-0.05, 0) is 40.9 Å². The number of hydrazine groups is 1. The third kappa shape index (κ3) is 3.14. The number of hydrogen-bond acceptors (Lipinski definition) is 4. The number of thiophene rings is 1. The van der Waals surface area contributed by atoms with Gasteiger partial charge in [-0.1, -0.05) is 36.4 Å². The maximum Gasteiger partial charge on any atom is 0.0568 e. The second kappa shape index (κ2) is 6.62. The number of nitrogens with one attached hydrogen (secondary N) is 1. The summed E-state index contributed by atoms with van der Waals surface area (Å²) in [4.78, 5) is 1.32. The fourth-order valence-corrected chi connectivity index (χ4v) is 4.47. The van der Waals surface area contributed by atoms with Gasteiger partial charge >= 0.3 is 0 Å². The largest absolute Gasteiger partial charge is 0.271 e. The third-order valence-corrected chi connectivity index (χ3v) is 5.83. The zero-order valence-corrected chi connectivity index (χ0v) is 13.5. The topological polar surface area (TPSA) is 38.0 Å². The highest BCUT2D eigenvalue weighted by atomic mass is 32.2. The third-order valence-electron chi connectivity index (χ3n) is 3.59. The summed E-state index contributed by atoms with van der Waals surface area (Å²) in [6.45, 7) is 2.15. The van der Waals surface area contributed by atoms with Gasteiger partial charge in [0.15, 0.2) is 0 Å². The molecular formula is C17H18N2S2. The van der Waals surface area contributed by atoms with E-state index < -0.39 is 0 Å². The Bertz CT molecular complexity index is 736. The van der Waals surface area contributed by atoms with Gasteiger partial charge in [0.2, 0.25) is 0 Å². The van der Waals surface area contributed by atoms with Crippen LogP contribution in [0.2, 0.25) is 0 Å². The molecule has 1 heterocycles. The molecule has 4 heteroatoms. The van der Waals surface area contributed by atoms with E-state index >= 15 is 0 Å². The van der Waals surface area contributed by atoms with Crippen LogP contribution in [0.1, 0.15) is 17.2 Å². The lowest BCUT2D eigenvalue weighted by Gasteiger charge is -2.17.